The minimum Gasteiger partial charge on any atom is -0.426 e. The lowest BCUT2D eigenvalue weighted by Gasteiger charge is -2.27. The molecule has 1 aliphatic heterocycles. The van der Waals surface area contributed by atoms with Crippen LogP contribution in [0.4, 0.5) is 0 Å². The minimum atomic E-state index is -1.06. The number of carbonyl (C=O) groups is 7. The van der Waals surface area contributed by atoms with Gasteiger partial charge in [-0.05, 0) is 106 Å². The zero-order valence-electron chi connectivity index (χ0n) is 41.7. The zero-order chi connectivity index (χ0) is 50.3. The zero-order valence-corrected chi connectivity index (χ0v) is 41.7. The molecule has 5 atom stereocenters. The second-order valence-corrected chi connectivity index (χ2v) is 19.1. The second-order valence-electron chi connectivity index (χ2n) is 19.1. The van der Waals surface area contributed by atoms with Crippen LogP contribution < -0.4 is 31.3 Å². The van der Waals surface area contributed by atoms with Crippen LogP contribution in [0.3, 0.4) is 0 Å². The Bertz CT molecular complexity index is 2140. The lowest BCUT2D eigenvalue weighted by molar-refractivity contribution is -0.135. The third-order valence-electron chi connectivity index (χ3n) is 11.9. The number of ketones is 2. The first-order valence-electron chi connectivity index (χ1n) is 24.5. The molecule has 376 valence electrons. The predicted molar refractivity (Wildman–Crippen MR) is 264 cm³/mol. The minimum absolute atomic E-state index is 0.153. The number of esters is 1. The van der Waals surface area contributed by atoms with Gasteiger partial charge in [-0.15, -0.1) is 0 Å². The van der Waals surface area contributed by atoms with E-state index < -0.39 is 53.5 Å². The van der Waals surface area contributed by atoms with Gasteiger partial charge in [0.25, 0.3) is 0 Å². The smallest absolute Gasteiger partial charge is 0.308 e. The van der Waals surface area contributed by atoms with E-state index in [4.69, 9.17) is 14.2 Å². The fourth-order valence-electron chi connectivity index (χ4n) is 7.70. The van der Waals surface area contributed by atoms with Crippen molar-refractivity contribution in [3.63, 3.8) is 0 Å². The first-order valence-corrected chi connectivity index (χ1v) is 24.5. The topological polar surface area (TPSA) is 211 Å². The predicted octanol–water partition coefficient (Wildman–Crippen LogP) is 6.14. The van der Waals surface area contributed by atoms with Crippen LogP contribution in [0.5, 0.6) is 5.75 Å². The summed E-state index contributed by atoms with van der Waals surface area (Å²) >= 11 is 0. The van der Waals surface area contributed by atoms with Crippen LogP contribution in [0, 0.1) is 11.8 Å². The van der Waals surface area contributed by atoms with Gasteiger partial charge in [-0.3, -0.25) is 33.6 Å². The molecule has 0 saturated carbocycles. The number of amides is 4. The van der Waals surface area contributed by atoms with Gasteiger partial charge in [0, 0.05) is 39.5 Å². The average molecular weight is 954 g/mol. The van der Waals surface area contributed by atoms with Gasteiger partial charge >= 0.3 is 5.97 Å². The normalized spacial score (nSPS) is 15.9. The van der Waals surface area contributed by atoms with Crippen molar-refractivity contribution >= 4 is 41.2 Å². The Kier molecular flexibility index (Phi) is 23.2. The molecular weight excluding hydrogens is 879 g/mol. The Morgan fingerprint density at radius 2 is 1.20 bits per heavy atom. The maximum absolute atomic E-state index is 14.3. The number of epoxide rings is 1. The summed E-state index contributed by atoms with van der Waals surface area (Å²) in [6.45, 7) is 14.7. The molecule has 5 N–H and O–H groups in total. The lowest BCUT2D eigenvalue weighted by atomic mass is 9.93. The third-order valence-corrected chi connectivity index (χ3v) is 11.9. The van der Waals surface area contributed by atoms with E-state index >= 15 is 0 Å². The van der Waals surface area contributed by atoms with Crippen LogP contribution in [-0.2, 0) is 57.6 Å². The fourth-order valence-corrected chi connectivity index (χ4v) is 7.70. The van der Waals surface area contributed by atoms with Crippen LogP contribution in [-0.4, -0.2) is 97.3 Å². The van der Waals surface area contributed by atoms with Crippen molar-refractivity contribution in [1.29, 1.82) is 0 Å². The molecule has 1 fully saturated rings. The van der Waals surface area contributed by atoms with Gasteiger partial charge in [0.2, 0.25) is 23.6 Å². The first-order chi connectivity index (χ1) is 32.9. The van der Waals surface area contributed by atoms with Crippen LogP contribution in [0.2, 0.25) is 0 Å². The molecule has 1 saturated heterocycles. The van der Waals surface area contributed by atoms with E-state index in [-0.39, 0.29) is 55.0 Å². The number of carbonyl (C=O) groups excluding carboxylic acids is 7. The van der Waals surface area contributed by atoms with Gasteiger partial charge in [0.1, 0.15) is 29.5 Å². The van der Waals surface area contributed by atoms with E-state index in [1.165, 1.54) is 13.8 Å². The summed E-state index contributed by atoms with van der Waals surface area (Å²) in [5.74, 6) is -2.02. The highest BCUT2D eigenvalue weighted by Crippen LogP contribution is 2.30. The number of Topliss-reactive ketones (excluding diaryl/α,β-unsaturated/α-hetero) is 2. The Hall–Kier alpha value is -5.77. The molecule has 0 aliphatic carbocycles. The van der Waals surface area contributed by atoms with Gasteiger partial charge in [-0.1, -0.05) is 94.4 Å². The molecule has 69 heavy (non-hydrogen) atoms. The molecule has 1 heterocycles. The largest absolute Gasteiger partial charge is 0.426 e. The van der Waals surface area contributed by atoms with Crippen molar-refractivity contribution in [3.8, 4) is 5.75 Å². The van der Waals surface area contributed by atoms with Gasteiger partial charge in [-0.2, -0.15) is 0 Å². The number of aryl methyl sites for hydroxylation is 1. The standard InChI is InChI=1S/C54H75N5O10/c1-36(2)21-25-44(50(63)54(7)35-68-54)57-53(66)47(33-41-18-12-9-13-19-41)59-52(65)46(26-22-37(3)4)58-51(64)45(27-23-40-16-10-8-11-17-40)56-49(62)20-14-15-30-67-31-29-55-34-42-24-28-48(69-39(6)61)43(32-42)38(5)60/h8-13,16-19,24,28,32,36-37,44-47,55H,14-15,20-23,25-27,29-31,33-35H2,1-7H3,(H,56,62)(H,57,66)(H,58,64)(H,59,65)/t44-,45-,46-,47-,54+/m0/s1. The first kappa shape index (κ1) is 55.8. The van der Waals surface area contributed by atoms with Gasteiger partial charge < -0.3 is 40.8 Å². The Morgan fingerprint density at radius 3 is 1.80 bits per heavy atom. The molecule has 4 rings (SSSR count). The maximum Gasteiger partial charge on any atom is 0.308 e. The fraction of sp³-hybridized carbons (Fsp3) is 0.537. The molecule has 0 radical (unpaired) electrons. The van der Waals surface area contributed by atoms with Crippen molar-refractivity contribution in [1.82, 2.24) is 26.6 Å². The van der Waals surface area contributed by atoms with Gasteiger partial charge in [-0.25, -0.2) is 0 Å². The van der Waals surface area contributed by atoms with E-state index in [2.05, 4.69) is 40.4 Å². The van der Waals surface area contributed by atoms with Crippen molar-refractivity contribution < 1.29 is 47.8 Å². The average Bonchev–Trinajstić information content (AvgIpc) is 4.07. The van der Waals surface area contributed by atoms with Crippen molar-refractivity contribution in [2.75, 3.05) is 26.4 Å². The molecule has 4 amide bonds. The highest BCUT2D eigenvalue weighted by Gasteiger charge is 2.50. The number of ether oxygens (including phenoxy) is 3. The third kappa shape index (κ3) is 20.4. The van der Waals surface area contributed by atoms with Crippen molar-refractivity contribution in [2.24, 2.45) is 11.8 Å². The Morgan fingerprint density at radius 1 is 0.638 bits per heavy atom. The molecule has 0 unspecified atom stereocenters. The number of hydrogen-bond donors (Lipinski definition) is 5. The van der Waals surface area contributed by atoms with Gasteiger partial charge in [0.15, 0.2) is 11.6 Å². The monoisotopic (exact) mass is 954 g/mol. The highest BCUT2D eigenvalue weighted by atomic mass is 16.6. The number of hydrogen-bond acceptors (Lipinski definition) is 11. The number of nitrogens with one attached hydrogen (secondary N) is 5. The number of rotatable bonds is 32. The van der Waals surface area contributed by atoms with Crippen molar-refractivity contribution in [2.45, 2.75) is 149 Å². The Labute approximate surface area is 408 Å². The highest BCUT2D eigenvalue weighted by molar-refractivity contribution is 5.99. The van der Waals surface area contributed by atoms with Crippen molar-refractivity contribution in [3.05, 3.63) is 101 Å². The molecule has 3 aromatic rings. The summed E-state index contributed by atoms with van der Waals surface area (Å²) < 4.78 is 16.4. The van der Waals surface area contributed by atoms with Crippen LogP contribution >= 0.6 is 0 Å². The van der Waals surface area contributed by atoms with Crippen LogP contribution in [0.1, 0.15) is 127 Å². The lowest BCUT2D eigenvalue weighted by Crippen LogP contribution is -2.58. The van der Waals surface area contributed by atoms with E-state index in [1.807, 2.05) is 74.5 Å². The summed E-state index contributed by atoms with van der Waals surface area (Å²) in [5, 5.41) is 15.0. The summed E-state index contributed by atoms with van der Waals surface area (Å²) in [6, 6.07) is 20.2. The molecule has 0 aromatic heterocycles. The molecular formula is C54H75N5O10. The van der Waals surface area contributed by atoms with E-state index in [1.54, 1.807) is 25.1 Å². The second kappa shape index (κ2) is 28.7. The van der Waals surface area contributed by atoms with E-state index in [0.717, 1.165) is 16.7 Å². The molecule has 15 nitrogen and oxygen atoms in total. The molecule has 3 aromatic carbocycles. The van der Waals surface area contributed by atoms with E-state index in [9.17, 15) is 33.6 Å². The molecule has 1 aliphatic rings. The van der Waals surface area contributed by atoms with Crippen LogP contribution in [0.25, 0.3) is 0 Å². The van der Waals surface area contributed by atoms with E-state index in [0.29, 0.717) is 82.7 Å². The van der Waals surface area contributed by atoms with Crippen LogP contribution in [0.15, 0.2) is 78.9 Å². The quantitative estimate of drug-likeness (QED) is 0.0158. The number of benzene rings is 3. The number of unbranched alkanes of at least 4 members (excludes halogenated alkanes) is 1. The summed E-state index contributed by atoms with van der Waals surface area (Å²) in [4.78, 5) is 93.1. The molecule has 0 spiro atoms. The molecule has 15 heteroatoms. The SMILES string of the molecule is CC(=O)Oc1ccc(CNCCOCCCCC(=O)N[C@@H](CCc2ccccc2)C(=O)N[C@@H](CCC(C)C)C(=O)N[C@@H](Cc2ccccc2)C(=O)N[C@@H](CCC(C)C)C(=O)[C@@]2(C)CO2)cc1C(C)=O. The maximum atomic E-state index is 14.3. The Balaban J connectivity index is 1.36. The molecule has 0 bridgehead atoms. The summed E-state index contributed by atoms with van der Waals surface area (Å²) in [6.07, 6.45) is 4.27. The summed E-state index contributed by atoms with van der Waals surface area (Å²) in [7, 11) is 0. The summed E-state index contributed by atoms with van der Waals surface area (Å²) in [5.41, 5.74) is 2.04. The van der Waals surface area contributed by atoms with Gasteiger partial charge in [0.05, 0.1) is 24.8 Å².